The Labute approximate surface area is 153 Å². The molecule has 0 N–H and O–H groups in total. The molecular weight excluding hydrogens is 326 g/mol. The van der Waals surface area contributed by atoms with Crippen molar-refractivity contribution in [2.45, 2.75) is 38.8 Å². The molecule has 3 aromatic rings. The number of hydrogen-bond donors (Lipinski definition) is 0. The molecule has 0 unspecified atom stereocenters. The van der Waals surface area contributed by atoms with E-state index in [0.717, 1.165) is 37.1 Å². The monoisotopic (exact) mass is 351 g/mol. The molecule has 0 saturated carbocycles. The molecule has 0 aliphatic carbocycles. The minimum Gasteiger partial charge on any atom is -0.328 e. The number of aryl methyl sites for hydroxylation is 1. The van der Waals surface area contributed by atoms with Crippen LogP contribution in [0.1, 0.15) is 41.8 Å². The zero-order chi connectivity index (χ0) is 17.9. The van der Waals surface area contributed by atoms with Crippen molar-refractivity contribution in [1.82, 2.24) is 34.2 Å². The number of hydrogen-bond acceptors (Lipinski definition) is 5. The van der Waals surface area contributed by atoms with Crippen LogP contribution in [0.15, 0.2) is 36.9 Å². The van der Waals surface area contributed by atoms with Crippen molar-refractivity contribution in [3.63, 3.8) is 0 Å². The molecule has 1 saturated heterocycles. The Balaban J connectivity index is 1.46. The SMILES string of the molecule is Cc1nccn1Cc1nnc([C@@H]2CCCN(Cc3ccncc3)C2)n1C. The minimum atomic E-state index is 0.431. The van der Waals surface area contributed by atoms with Gasteiger partial charge in [-0.3, -0.25) is 9.88 Å². The molecule has 26 heavy (non-hydrogen) atoms. The maximum absolute atomic E-state index is 4.53. The number of imidazole rings is 1. The van der Waals surface area contributed by atoms with Crippen LogP contribution in [-0.2, 0) is 20.1 Å². The van der Waals surface area contributed by atoms with Crippen molar-refractivity contribution in [2.75, 3.05) is 13.1 Å². The van der Waals surface area contributed by atoms with Crippen molar-refractivity contribution < 1.29 is 0 Å². The largest absolute Gasteiger partial charge is 0.328 e. The molecule has 4 rings (SSSR count). The third-order valence-corrected chi connectivity index (χ3v) is 5.26. The van der Waals surface area contributed by atoms with Gasteiger partial charge in [0.25, 0.3) is 0 Å². The van der Waals surface area contributed by atoms with E-state index in [9.17, 15) is 0 Å². The second-order valence-electron chi connectivity index (χ2n) is 7.07. The summed E-state index contributed by atoms with van der Waals surface area (Å²) >= 11 is 0. The third-order valence-electron chi connectivity index (χ3n) is 5.26. The van der Waals surface area contributed by atoms with Gasteiger partial charge in [0.15, 0.2) is 5.82 Å². The van der Waals surface area contributed by atoms with Crippen molar-refractivity contribution in [2.24, 2.45) is 7.05 Å². The second-order valence-corrected chi connectivity index (χ2v) is 7.07. The fraction of sp³-hybridized carbons (Fsp3) is 0.474. The standard InChI is InChI=1S/C19H25N7/c1-15-21-9-11-26(15)14-18-22-23-19(24(18)2)17-4-3-10-25(13-17)12-16-5-7-20-8-6-16/h5-9,11,17H,3-4,10,12-14H2,1-2H3/t17-/m1/s1. The van der Waals surface area contributed by atoms with Crippen molar-refractivity contribution in [1.29, 1.82) is 0 Å². The Hall–Kier alpha value is -2.54. The Bertz CT molecular complexity index is 852. The molecule has 136 valence electrons. The summed E-state index contributed by atoms with van der Waals surface area (Å²) in [5.74, 6) is 3.50. The fourth-order valence-electron chi connectivity index (χ4n) is 3.75. The van der Waals surface area contributed by atoms with E-state index < -0.39 is 0 Å². The van der Waals surface area contributed by atoms with Crippen molar-refractivity contribution >= 4 is 0 Å². The zero-order valence-corrected chi connectivity index (χ0v) is 15.4. The number of rotatable bonds is 5. The van der Waals surface area contributed by atoms with Gasteiger partial charge in [-0.1, -0.05) is 0 Å². The summed E-state index contributed by atoms with van der Waals surface area (Å²) < 4.78 is 4.27. The number of pyridine rings is 1. The Morgan fingerprint density at radius 3 is 2.73 bits per heavy atom. The maximum atomic E-state index is 4.53. The summed E-state index contributed by atoms with van der Waals surface area (Å²) in [5.41, 5.74) is 1.31. The number of aromatic nitrogens is 6. The highest BCUT2D eigenvalue weighted by molar-refractivity contribution is 5.11. The number of nitrogens with zero attached hydrogens (tertiary/aromatic N) is 7. The van der Waals surface area contributed by atoms with Crippen LogP contribution in [0.25, 0.3) is 0 Å². The minimum absolute atomic E-state index is 0.431. The highest BCUT2D eigenvalue weighted by Gasteiger charge is 2.26. The second kappa shape index (κ2) is 7.37. The van der Waals surface area contributed by atoms with E-state index in [4.69, 9.17) is 0 Å². The van der Waals surface area contributed by atoms with Gasteiger partial charge in [-0.15, -0.1) is 10.2 Å². The van der Waals surface area contributed by atoms with Crippen LogP contribution >= 0.6 is 0 Å². The van der Waals surface area contributed by atoms with Gasteiger partial charge in [0.2, 0.25) is 0 Å². The first kappa shape index (κ1) is 16.9. The van der Waals surface area contributed by atoms with E-state index in [2.05, 4.69) is 53.4 Å². The molecule has 1 atom stereocenters. The van der Waals surface area contributed by atoms with Gasteiger partial charge in [-0.25, -0.2) is 4.98 Å². The smallest absolute Gasteiger partial charge is 0.152 e. The lowest BCUT2D eigenvalue weighted by Gasteiger charge is -2.32. The summed E-state index contributed by atoms with van der Waals surface area (Å²) in [4.78, 5) is 10.9. The van der Waals surface area contributed by atoms with Gasteiger partial charge in [-0.05, 0) is 44.0 Å². The van der Waals surface area contributed by atoms with Crippen molar-refractivity contribution in [3.8, 4) is 0 Å². The summed E-state index contributed by atoms with van der Waals surface area (Å²) in [6.07, 6.45) is 9.90. The van der Waals surface area contributed by atoms with E-state index in [0.29, 0.717) is 12.5 Å². The van der Waals surface area contributed by atoms with Gasteiger partial charge in [-0.2, -0.15) is 0 Å². The highest BCUT2D eigenvalue weighted by atomic mass is 15.3. The van der Waals surface area contributed by atoms with E-state index in [-0.39, 0.29) is 0 Å². The summed E-state index contributed by atoms with van der Waals surface area (Å²) in [6, 6.07) is 4.19. The van der Waals surface area contributed by atoms with Gasteiger partial charge >= 0.3 is 0 Å². The molecule has 0 aromatic carbocycles. The van der Waals surface area contributed by atoms with Crippen molar-refractivity contribution in [3.05, 3.63) is 60.0 Å². The molecule has 1 fully saturated rings. The van der Waals surface area contributed by atoms with E-state index in [1.165, 1.54) is 18.4 Å². The van der Waals surface area contributed by atoms with Crippen LogP contribution in [-0.4, -0.2) is 47.3 Å². The first-order valence-corrected chi connectivity index (χ1v) is 9.18. The molecule has 1 aliphatic heterocycles. The lowest BCUT2D eigenvalue weighted by atomic mass is 9.96. The number of likely N-dealkylation sites (tertiary alicyclic amines) is 1. The first-order valence-electron chi connectivity index (χ1n) is 9.18. The molecule has 0 amide bonds. The van der Waals surface area contributed by atoms with Crippen LogP contribution in [0.3, 0.4) is 0 Å². The van der Waals surface area contributed by atoms with E-state index in [1.54, 1.807) is 0 Å². The quantitative estimate of drug-likeness (QED) is 0.705. The average Bonchev–Trinajstić information content (AvgIpc) is 3.23. The Kier molecular flexibility index (Phi) is 4.79. The van der Waals surface area contributed by atoms with Crippen LogP contribution in [0.2, 0.25) is 0 Å². The predicted molar refractivity (Wildman–Crippen MR) is 98.6 cm³/mol. The van der Waals surface area contributed by atoms with E-state index in [1.807, 2.05) is 31.7 Å². The van der Waals surface area contributed by atoms with Gasteiger partial charge in [0, 0.05) is 50.8 Å². The molecule has 0 radical (unpaired) electrons. The van der Waals surface area contributed by atoms with Gasteiger partial charge in [0.1, 0.15) is 11.6 Å². The number of piperidine rings is 1. The fourth-order valence-corrected chi connectivity index (χ4v) is 3.75. The Morgan fingerprint density at radius 1 is 1.12 bits per heavy atom. The molecule has 3 aromatic heterocycles. The normalized spacial score (nSPS) is 18.3. The predicted octanol–water partition coefficient (Wildman–Crippen LogP) is 2.14. The summed E-state index contributed by atoms with van der Waals surface area (Å²) in [5, 5.41) is 8.99. The van der Waals surface area contributed by atoms with Crippen LogP contribution < -0.4 is 0 Å². The molecule has 1 aliphatic rings. The van der Waals surface area contributed by atoms with Crippen LogP contribution in [0.4, 0.5) is 0 Å². The maximum Gasteiger partial charge on any atom is 0.152 e. The molecular formula is C19H25N7. The molecule has 7 heteroatoms. The molecule has 0 bridgehead atoms. The lowest BCUT2D eigenvalue weighted by Crippen LogP contribution is -2.34. The molecule has 0 spiro atoms. The molecule has 7 nitrogen and oxygen atoms in total. The Morgan fingerprint density at radius 2 is 1.96 bits per heavy atom. The topological polar surface area (TPSA) is 64.7 Å². The highest BCUT2D eigenvalue weighted by Crippen LogP contribution is 2.26. The van der Waals surface area contributed by atoms with Crippen LogP contribution in [0.5, 0.6) is 0 Å². The molecule has 4 heterocycles. The van der Waals surface area contributed by atoms with Gasteiger partial charge < -0.3 is 9.13 Å². The lowest BCUT2D eigenvalue weighted by molar-refractivity contribution is 0.195. The average molecular weight is 351 g/mol. The van der Waals surface area contributed by atoms with E-state index >= 15 is 0 Å². The summed E-state index contributed by atoms with van der Waals surface area (Å²) in [7, 11) is 2.08. The summed E-state index contributed by atoms with van der Waals surface area (Å²) in [6.45, 7) is 5.85. The van der Waals surface area contributed by atoms with Gasteiger partial charge in [0.05, 0.1) is 6.54 Å². The third kappa shape index (κ3) is 3.53. The zero-order valence-electron chi connectivity index (χ0n) is 15.4. The van der Waals surface area contributed by atoms with Crippen LogP contribution in [0, 0.1) is 6.92 Å². The first-order chi connectivity index (χ1) is 12.7.